The Kier molecular flexibility index (Phi) is 2.92. The van der Waals surface area contributed by atoms with Crippen LogP contribution in [0.1, 0.15) is 19.3 Å². The molecule has 1 heterocycles. The fourth-order valence-electron chi connectivity index (χ4n) is 3.75. The Morgan fingerprint density at radius 2 is 2.21 bits per heavy atom. The van der Waals surface area contributed by atoms with Gasteiger partial charge in [0.2, 0.25) is 0 Å². The van der Waals surface area contributed by atoms with Gasteiger partial charge in [0.15, 0.2) is 5.78 Å². The van der Waals surface area contributed by atoms with Crippen LogP contribution in [0, 0.1) is 11.8 Å². The molecule has 0 aromatic heterocycles. The van der Waals surface area contributed by atoms with E-state index < -0.39 is 5.54 Å². The third-order valence-corrected chi connectivity index (χ3v) is 5.84. The summed E-state index contributed by atoms with van der Waals surface area (Å²) in [6.07, 6.45) is 6.22. The van der Waals surface area contributed by atoms with Crippen LogP contribution >= 0.6 is 22.6 Å². The van der Waals surface area contributed by atoms with Gasteiger partial charge in [-0.15, -0.1) is 0 Å². The van der Waals surface area contributed by atoms with Crippen molar-refractivity contribution >= 4 is 40.6 Å². The highest BCUT2D eigenvalue weighted by atomic mass is 127. The first-order chi connectivity index (χ1) is 9.02. The van der Waals surface area contributed by atoms with Crippen molar-refractivity contribution in [3.05, 3.63) is 21.3 Å². The summed E-state index contributed by atoms with van der Waals surface area (Å²) < 4.78 is 0.758. The van der Waals surface area contributed by atoms with Gasteiger partial charge < -0.3 is 9.69 Å². The zero-order chi connectivity index (χ0) is 13.8. The smallest absolute Gasteiger partial charge is 0.260 e. The summed E-state index contributed by atoms with van der Waals surface area (Å²) in [4.78, 5) is 37.0. The van der Waals surface area contributed by atoms with Gasteiger partial charge in [-0.05, 0) is 47.1 Å². The molecular formula is C14H14INO3. The normalized spacial score (nSPS) is 37.5. The zero-order valence-corrected chi connectivity index (χ0v) is 12.7. The number of nitrogens with zero attached hydrogens (tertiary/aromatic N) is 1. The van der Waals surface area contributed by atoms with Crippen LogP contribution in [-0.4, -0.2) is 35.5 Å². The highest BCUT2D eigenvalue weighted by Crippen LogP contribution is 2.54. The molecule has 1 saturated carbocycles. The number of amides is 1. The molecule has 0 bridgehead atoms. The molecule has 3 rings (SSSR count). The minimum absolute atomic E-state index is 0.00569. The largest absolute Gasteiger partial charge is 0.328 e. The molecule has 2 aliphatic carbocycles. The molecule has 100 valence electrons. The first kappa shape index (κ1) is 13.0. The van der Waals surface area contributed by atoms with Gasteiger partial charge >= 0.3 is 0 Å². The fourth-order valence-corrected chi connectivity index (χ4v) is 4.82. The molecule has 1 aliphatic heterocycles. The second kappa shape index (κ2) is 4.26. The number of ketones is 1. The molecule has 4 nitrogen and oxygen atoms in total. The molecular weight excluding hydrogens is 357 g/mol. The first-order valence-electron chi connectivity index (χ1n) is 6.37. The minimum Gasteiger partial charge on any atom is -0.328 e. The Morgan fingerprint density at radius 1 is 1.47 bits per heavy atom. The lowest BCUT2D eigenvalue weighted by Gasteiger charge is -2.49. The number of allylic oxidation sites excluding steroid dienone is 1. The van der Waals surface area contributed by atoms with Crippen LogP contribution in [0.4, 0.5) is 0 Å². The average Bonchev–Trinajstić information content (AvgIpc) is 2.60. The SMILES string of the molecule is CN1C(=O)C(I)=C2CC[C@H](C=O)C3CC(=O)C=C[C@@]231. The number of rotatable bonds is 1. The Hall–Kier alpha value is -0.980. The summed E-state index contributed by atoms with van der Waals surface area (Å²) >= 11 is 2.10. The molecule has 1 amide bonds. The first-order valence-corrected chi connectivity index (χ1v) is 7.45. The van der Waals surface area contributed by atoms with E-state index in [0.29, 0.717) is 6.42 Å². The number of halogens is 1. The highest BCUT2D eigenvalue weighted by molar-refractivity contribution is 14.1. The number of aldehydes is 1. The maximum atomic E-state index is 12.3. The van der Waals surface area contributed by atoms with Crippen LogP contribution in [0.5, 0.6) is 0 Å². The number of likely N-dealkylation sites (N-methyl/N-ethyl adjacent to an activating group) is 1. The van der Waals surface area contributed by atoms with E-state index in [2.05, 4.69) is 22.6 Å². The minimum atomic E-state index is -0.536. The van der Waals surface area contributed by atoms with Crippen LogP contribution in [0.25, 0.3) is 0 Å². The van der Waals surface area contributed by atoms with Crippen LogP contribution in [0.2, 0.25) is 0 Å². The highest BCUT2D eigenvalue weighted by Gasteiger charge is 2.57. The van der Waals surface area contributed by atoms with Crippen molar-refractivity contribution < 1.29 is 14.4 Å². The maximum Gasteiger partial charge on any atom is 0.260 e. The van der Waals surface area contributed by atoms with Crippen LogP contribution in [0.15, 0.2) is 21.3 Å². The third-order valence-electron chi connectivity index (χ3n) is 4.72. The molecule has 0 aromatic carbocycles. The average molecular weight is 371 g/mol. The monoisotopic (exact) mass is 371 g/mol. The van der Waals surface area contributed by atoms with Crippen molar-refractivity contribution in [1.29, 1.82) is 0 Å². The molecule has 5 heteroatoms. The van der Waals surface area contributed by atoms with Gasteiger partial charge in [0.05, 0.1) is 9.12 Å². The number of carbonyl (C=O) groups excluding carboxylic acids is 3. The van der Waals surface area contributed by atoms with Crippen molar-refractivity contribution in [2.45, 2.75) is 24.8 Å². The van der Waals surface area contributed by atoms with Gasteiger partial charge in [0.25, 0.3) is 5.91 Å². The van der Waals surface area contributed by atoms with Crippen LogP contribution in [-0.2, 0) is 14.4 Å². The molecule has 0 N–H and O–H groups in total. The zero-order valence-electron chi connectivity index (χ0n) is 10.6. The molecule has 1 spiro atoms. The van der Waals surface area contributed by atoms with Crippen molar-refractivity contribution in [2.75, 3.05) is 7.05 Å². The van der Waals surface area contributed by atoms with Crippen molar-refractivity contribution in [3.63, 3.8) is 0 Å². The van der Waals surface area contributed by atoms with Gasteiger partial charge in [0, 0.05) is 25.3 Å². The summed E-state index contributed by atoms with van der Waals surface area (Å²) in [5.74, 6) is -0.194. The van der Waals surface area contributed by atoms with Crippen LogP contribution in [0.3, 0.4) is 0 Å². The molecule has 3 atom stereocenters. The lowest BCUT2D eigenvalue weighted by Crippen LogP contribution is -2.56. The fraction of sp³-hybridized carbons (Fsp3) is 0.500. The summed E-state index contributed by atoms with van der Waals surface area (Å²) in [7, 11) is 1.77. The van der Waals surface area contributed by atoms with Crippen molar-refractivity contribution in [2.24, 2.45) is 11.8 Å². The van der Waals surface area contributed by atoms with Gasteiger partial charge in [-0.3, -0.25) is 9.59 Å². The standard InChI is InChI=1S/C14H14INO3/c1-16-13(19)12(15)10-3-2-8(7-17)11-6-9(18)4-5-14(10,11)16/h4-5,7-8,11H,2-3,6H2,1H3/t8-,11?,14-/m1/s1. The van der Waals surface area contributed by atoms with E-state index in [9.17, 15) is 14.4 Å². The van der Waals surface area contributed by atoms with E-state index >= 15 is 0 Å². The molecule has 0 radical (unpaired) electrons. The van der Waals surface area contributed by atoms with E-state index in [0.717, 1.165) is 28.3 Å². The molecule has 1 unspecified atom stereocenters. The van der Waals surface area contributed by atoms with Crippen LogP contribution < -0.4 is 0 Å². The summed E-state index contributed by atoms with van der Waals surface area (Å²) in [5, 5.41) is 0. The molecule has 3 aliphatic rings. The predicted octanol–water partition coefficient (Wildman–Crippen LogP) is 1.64. The molecule has 0 aromatic rings. The van der Waals surface area contributed by atoms with E-state index in [1.807, 2.05) is 6.08 Å². The summed E-state index contributed by atoms with van der Waals surface area (Å²) in [5.41, 5.74) is 0.554. The maximum absolute atomic E-state index is 12.3. The topological polar surface area (TPSA) is 54.5 Å². The van der Waals surface area contributed by atoms with E-state index in [-0.39, 0.29) is 23.5 Å². The van der Waals surface area contributed by atoms with E-state index in [4.69, 9.17) is 0 Å². The van der Waals surface area contributed by atoms with Gasteiger partial charge in [-0.25, -0.2) is 0 Å². The van der Waals surface area contributed by atoms with Gasteiger partial charge in [-0.1, -0.05) is 6.08 Å². The Morgan fingerprint density at radius 3 is 2.89 bits per heavy atom. The molecule has 1 fully saturated rings. The summed E-state index contributed by atoms with van der Waals surface area (Å²) in [6.45, 7) is 0. The lowest BCUT2D eigenvalue weighted by atomic mass is 9.61. The Labute approximate surface area is 125 Å². The Balaban J connectivity index is 2.21. The van der Waals surface area contributed by atoms with E-state index in [1.54, 1.807) is 18.0 Å². The van der Waals surface area contributed by atoms with Crippen molar-refractivity contribution in [3.8, 4) is 0 Å². The van der Waals surface area contributed by atoms with Crippen molar-refractivity contribution in [1.82, 2.24) is 4.90 Å². The summed E-state index contributed by atoms with van der Waals surface area (Å²) in [6, 6.07) is 0. The third kappa shape index (κ3) is 1.53. The predicted molar refractivity (Wildman–Crippen MR) is 77.6 cm³/mol. The Bertz CT molecular complexity index is 551. The van der Waals surface area contributed by atoms with E-state index in [1.165, 1.54) is 0 Å². The quantitative estimate of drug-likeness (QED) is 0.520. The van der Waals surface area contributed by atoms with Gasteiger partial charge in [0.1, 0.15) is 6.29 Å². The molecule has 0 saturated heterocycles. The second-order valence-corrected chi connectivity index (χ2v) is 6.51. The van der Waals surface area contributed by atoms with Gasteiger partial charge in [-0.2, -0.15) is 0 Å². The molecule has 19 heavy (non-hydrogen) atoms. The lowest BCUT2D eigenvalue weighted by molar-refractivity contribution is -0.132. The second-order valence-electron chi connectivity index (χ2n) is 5.43. The number of hydrogen-bond donors (Lipinski definition) is 0. The number of hydrogen-bond acceptors (Lipinski definition) is 3. The number of carbonyl (C=O) groups is 3.